The molecule has 0 spiro atoms. The minimum atomic E-state index is -0.285. The monoisotopic (exact) mass is 384 g/mol. The molecule has 0 radical (unpaired) electrons. The number of likely N-dealkylation sites (tertiary alicyclic amines) is 1. The van der Waals surface area contributed by atoms with Crippen molar-refractivity contribution in [2.24, 2.45) is 5.41 Å². The Balaban J connectivity index is 1.57. The molecule has 6 nitrogen and oxygen atoms in total. The van der Waals surface area contributed by atoms with Crippen molar-refractivity contribution in [2.45, 2.75) is 45.6 Å². The van der Waals surface area contributed by atoms with Gasteiger partial charge in [0, 0.05) is 18.5 Å². The largest absolute Gasteiger partial charge is 0.348 e. The van der Waals surface area contributed by atoms with Crippen molar-refractivity contribution in [3.8, 4) is 5.69 Å². The first-order valence-corrected chi connectivity index (χ1v) is 9.72. The molecule has 2 heterocycles. The van der Waals surface area contributed by atoms with E-state index in [4.69, 9.17) is 0 Å². The lowest BCUT2D eigenvalue weighted by atomic mass is 9.74. The number of benzene rings is 1. The van der Waals surface area contributed by atoms with Gasteiger partial charge in [-0.15, -0.1) is 0 Å². The van der Waals surface area contributed by atoms with Crippen molar-refractivity contribution in [3.05, 3.63) is 47.5 Å². The molecule has 0 bridgehead atoms. The quantitative estimate of drug-likeness (QED) is 0.881. The fraction of sp³-hybridized carbons (Fsp3) is 0.476. The average molecular weight is 384 g/mol. The molecular weight excluding hydrogens is 359 g/mol. The van der Waals surface area contributed by atoms with E-state index in [9.17, 15) is 14.0 Å². The van der Waals surface area contributed by atoms with Crippen LogP contribution < -0.4 is 5.32 Å². The van der Waals surface area contributed by atoms with Gasteiger partial charge in [-0.05, 0) is 48.9 Å². The Kier molecular flexibility index (Phi) is 4.69. The van der Waals surface area contributed by atoms with Crippen LogP contribution in [0.4, 0.5) is 4.39 Å². The van der Waals surface area contributed by atoms with Crippen LogP contribution in [0.5, 0.6) is 0 Å². The van der Waals surface area contributed by atoms with Crippen molar-refractivity contribution in [3.63, 3.8) is 0 Å². The predicted octanol–water partition coefficient (Wildman–Crippen LogP) is 2.76. The molecule has 28 heavy (non-hydrogen) atoms. The molecule has 1 saturated heterocycles. The number of carbonyl (C=O) groups excluding carboxylic acids is 2. The zero-order valence-corrected chi connectivity index (χ0v) is 16.2. The van der Waals surface area contributed by atoms with Gasteiger partial charge in [-0.1, -0.05) is 13.8 Å². The van der Waals surface area contributed by atoms with Crippen molar-refractivity contribution in [1.82, 2.24) is 20.0 Å². The number of rotatable bonds is 4. The summed E-state index contributed by atoms with van der Waals surface area (Å²) in [6.45, 7) is 5.09. The third-order valence-corrected chi connectivity index (χ3v) is 5.59. The summed E-state index contributed by atoms with van der Waals surface area (Å²) < 4.78 is 15.1. The molecular formula is C21H25FN4O2. The Morgan fingerprint density at radius 2 is 2.07 bits per heavy atom. The third kappa shape index (κ3) is 3.66. The van der Waals surface area contributed by atoms with Gasteiger partial charge in [-0.3, -0.25) is 9.59 Å². The van der Waals surface area contributed by atoms with Gasteiger partial charge in [-0.2, -0.15) is 5.10 Å². The van der Waals surface area contributed by atoms with Crippen LogP contribution in [-0.4, -0.2) is 39.6 Å². The Morgan fingerprint density at radius 3 is 2.75 bits per heavy atom. The van der Waals surface area contributed by atoms with Gasteiger partial charge >= 0.3 is 0 Å². The van der Waals surface area contributed by atoms with Crippen LogP contribution in [0.1, 0.15) is 50.4 Å². The number of halogens is 1. The van der Waals surface area contributed by atoms with Crippen molar-refractivity contribution >= 4 is 11.8 Å². The van der Waals surface area contributed by atoms with E-state index < -0.39 is 0 Å². The van der Waals surface area contributed by atoms with Gasteiger partial charge < -0.3 is 10.2 Å². The topological polar surface area (TPSA) is 67.2 Å². The molecule has 1 atom stereocenters. The summed E-state index contributed by atoms with van der Waals surface area (Å²) in [6.07, 6.45) is 4.75. The van der Waals surface area contributed by atoms with Crippen molar-refractivity contribution < 1.29 is 14.0 Å². The van der Waals surface area contributed by atoms with E-state index in [0.29, 0.717) is 13.0 Å². The number of nitrogens with one attached hydrogen (secondary N) is 1. The van der Waals surface area contributed by atoms with Crippen LogP contribution >= 0.6 is 0 Å². The molecule has 1 fully saturated rings. The second-order valence-corrected chi connectivity index (χ2v) is 8.52. The highest BCUT2D eigenvalue weighted by atomic mass is 19.1. The Morgan fingerprint density at radius 1 is 1.32 bits per heavy atom. The Hall–Kier alpha value is -2.70. The van der Waals surface area contributed by atoms with Crippen LogP contribution in [0.3, 0.4) is 0 Å². The molecule has 2 aliphatic rings. The van der Waals surface area contributed by atoms with Gasteiger partial charge in [0.05, 0.1) is 30.2 Å². The fourth-order valence-electron chi connectivity index (χ4n) is 4.26. The predicted molar refractivity (Wildman–Crippen MR) is 102 cm³/mol. The highest BCUT2D eigenvalue weighted by Crippen LogP contribution is 2.41. The standard InChI is InChI=1S/C21H25FN4O2/c1-21(2)10-17(24-19(27)13-25-9-3-4-20(25)28)16-12-23-26(18(16)11-21)15-7-5-14(22)6-8-15/h5-8,12,17H,3-4,9-11,13H2,1-2H3,(H,24,27)/t17-/m0/s1. The molecule has 2 aromatic rings. The first-order chi connectivity index (χ1) is 13.3. The minimum Gasteiger partial charge on any atom is -0.348 e. The lowest BCUT2D eigenvalue weighted by Gasteiger charge is -2.36. The molecule has 0 saturated carbocycles. The molecule has 2 amide bonds. The molecule has 1 N–H and O–H groups in total. The maximum atomic E-state index is 13.3. The van der Waals surface area contributed by atoms with E-state index in [2.05, 4.69) is 24.3 Å². The molecule has 1 aliphatic heterocycles. The zero-order valence-electron chi connectivity index (χ0n) is 16.2. The van der Waals surface area contributed by atoms with E-state index in [1.165, 1.54) is 12.1 Å². The molecule has 0 unspecified atom stereocenters. The number of aromatic nitrogens is 2. The summed E-state index contributed by atoms with van der Waals surface area (Å²) in [5.41, 5.74) is 2.80. The highest BCUT2D eigenvalue weighted by Gasteiger charge is 2.36. The number of hydrogen-bond donors (Lipinski definition) is 1. The molecule has 148 valence electrons. The van der Waals surface area contributed by atoms with E-state index in [0.717, 1.165) is 36.2 Å². The van der Waals surface area contributed by atoms with Crippen molar-refractivity contribution in [2.75, 3.05) is 13.1 Å². The molecule has 1 aromatic carbocycles. The van der Waals surface area contributed by atoms with Crippen LogP contribution in [0.25, 0.3) is 5.69 Å². The van der Waals surface area contributed by atoms with Gasteiger partial charge in [0.1, 0.15) is 5.82 Å². The molecule has 7 heteroatoms. The summed E-state index contributed by atoms with van der Waals surface area (Å²) in [5, 5.41) is 7.62. The number of hydrogen-bond acceptors (Lipinski definition) is 3. The first-order valence-electron chi connectivity index (χ1n) is 9.72. The first kappa shape index (κ1) is 18.7. The van der Waals surface area contributed by atoms with Crippen molar-refractivity contribution in [1.29, 1.82) is 0 Å². The summed E-state index contributed by atoms with van der Waals surface area (Å²) in [4.78, 5) is 26.0. The lowest BCUT2D eigenvalue weighted by Crippen LogP contribution is -2.42. The van der Waals surface area contributed by atoms with Gasteiger partial charge in [-0.25, -0.2) is 9.07 Å². The number of carbonyl (C=O) groups is 2. The smallest absolute Gasteiger partial charge is 0.240 e. The second kappa shape index (κ2) is 7.04. The SMILES string of the molecule is CC1(C)Cc2c(cnn2-c2ccc(F)cc2)[C@@H](NC(=O)CN2CCCC2=O)C1. The number of nitrogens with zero attached hydrogens (tertiary/aromatic N) is 3. The van der Waals surface area contributed by atoms with E-state index in [1.807, 2.05) is 4.68 Å². The molecule has 1 aliphatic carbocycles. The van der Waals surface area contributed by atoms with E-state index in [-0.39, 0.29) is 35.6 Å². The minimum absolute atomic E-state index is 0.0216. The second-order valence-electron chi connectivity index (χ2n) is 8.52. The van der Waals surface area contributed by atoms with Gasteiger partial charge in [0.25, 0.3) is 0 Å². The Labute approximate surface area is 163 Å². The van der Waals surface area contributed by atoms with Gasteiger partial charge in [0.15, 0.2) is 0 Å². The number of amides is 2. The summed E-state index contributed by atoms with van der Waals surface area (Å²) in [6, 6.07) is 6.10. The normalized spacial score (nSPS) is 20.9. The number of fused-ring (bicyclic) bond motifs is 1. The van der Waals surface area contributed by atoms with Crippen LogP contribution in [0.15, 0.2) is 30.5 Å². The van der Waals surface area contributed by atoms with E-state index >= 15 is 0 Å². The summed E-state index contributed by atoms with van der Waals surface area (Å²) in [7, 11) is 0. The van der Waals surface area contributed by atoms with E-state index in [1.54, 1.807) is 23.2 Å². The third-order valence-electron chi connectivity index (χ3n) is 5.59. The van der Waals surface area contributed by atoms with Crippen LogP contribution in [0, 0.1) is 11.2 Å². The van der Waals surface area contributed by atoms with Gasteiger partial charge in [0.2, 0.25) is 11.8 Å². The van der Waals surface area contributed by atoms with Crippen LogP contribution in [-0.2, 0) is 16.0 Å². The highest BCUT2D eigenvalue weighted by molar-refractivity contribution is 5.86. The Bertz CT molecular complexity index is 904. The average Bonchev–Trinajstić information content (AvgIpc) is 3.21. The maximum absolute atomic E-state index is 13.3. The zero-order chi connectivity index (χ0) is 19.9. The molecule has 1 aromatic heterocycles. The summed E-state index contributed by atoms with van der Waals surface area (Å²) >= 11 is 0. The summed E-state index contributed by atoms with van der Waals surface area (Å²) in [5.74, 6) is -0.380. The maximum Gasteiger partial charge on any atom is 0.240 e. The molecule has 4 rings (SSSR count). The fourth-order valence-corrected chi connectivity index (χ4v) is 4.26. The lowest BCUT2D eigenvalue weighted by molar-refractivity contribution is -0.133. The van der Waals surface area contributed by atoms with Crippen LogP contribution in [0.2, 0.25) is 0 Å².